The molecule has 27 heavy (non-hydrogen) atoms. The number of nitrogens with one attached hydrogen (secondary N) is 1. The maximum absolute atomic E-state index is 13.0. The van der Waals surface area contributed by atoms with Gasteiger partial charge >= 0.3 is 0 Å². The van der Waals surface area contributed by atoms with Crippen molar-refractivity contribution in [2.75, 3.05) is 18.4 Å². The topological polar surface area (TPSA) is 84.3 Å². The molecule has 7 nitrogen and oxygen atoms in total. The number of amides is 1. The van der Waals surface area contributed by atoms with Crippen LogP contribution in [0.25, 0.3) is 0 Å². The van der Waals surface area contributed by atoms with Gasteiger partial charge in [0.15, 0.2) is 0 Å². The first-order chi connectivity index (χ1) is 12.9. The summed E-state index contributed by atoms with van der Waals surface area (Å²) in [5, 5.41) is 7.00. The zero-order valence-corrected chi connectivity index (χ0v) is 16.6. The summed E-state index contributed by atoms with van der Waals surface area (Å²) in [6, 6.07) is 8.05. The quantitative estimate of drug-likeness (QED) is 0.849. The molecule has 1 N–H and O–H groups in total. The molecule has 1 aromatic heterocycles. The Morgan fingerprint density at radius 3 is 2.48 bits per heavy atom. The number of rotatable bonds is 5. The first-order valence-electron chi connectivity index (χ1n) is 9.34. The molecule has 0 unspecified atom stereocenters. The van der Waals surface area contributed by atoms with E-state index in [9.17, 15) is 13.2 Å². The Morgan fingerprint density at radius 2 is 1.81 bits per heavy atom. The van der Waals surface area contributed by atoms with Gasteiger partial charge in [-0.25, -0.2) is 13.1 Å². The number of hydrogen-bond acceptors (Lipinski definition) is 4. The number of carbonyl (C=O) groups is 1. The summed E-state index contributed by atoms with van der Waals surface area (Å²) < 4.78 is 29.1. The smallest absolute Gasteiger partial charge is 0.256 e. The van der Waals surface area contributed by atoms with Crippen molar-refractivity contribution in [2.24, 2.45) is 0 Å². The molecule has 3 rings (SSSR count). The van der Waals surface area contributed by atoms with E-state index < -0.39 is 10.0 Å². The molecule has 0 spiro atoms. The van der Waals surface area contributed by atoms with E-state index in [2.05, 4.69) is 10.4 Å². The van der Waals surface area contributed by atoms with Gasteiger partial charge in [-0.15, -0.1) is 0 Å². The highest BCUT2D eigenvalue weighted by atomic mass is 32.2. The second-order valence-corrected chi connectivity index (χ2v) is 8.99. The molecule has 146 valence electrons. The lowest BCUT2D eigenvalue weighted by molar-refractivity contribution is 0.102. The molecule has 0 aliphatic carbocycles. The van der Waals surface area contributed by atoms with Gasteiger partial charge in [0.05, 0.1) is 11.1 Å². The Labute approximate surface area is 160 Å². The average Bonchev–Trinajstić information content (AvgIpc) is 2.93. The van der Waals surface area contributed by atoms with E-state index in [4.69, 9.17) is 0 Å². The van der Waals surface area contributed by atoms with Crippen molar-refractivity contribution < 1.29 is 13.2 Å². The molecular weight excluding hydrogens is 364 g/mol. The maximum atomic E-state index is 13.0. The molecule has 1 fully saturated rings. The second-order valence-electron chi connectivity index (χ2n) is 7.06. The Kier molecular flexibility index (Phi) is 5.96. The van der Waals surface area contributed by atoms with Crippen molar-refractivity contribution >= 4 is 21.7 Å². The molecular formula is C19H26N4O3S. The number of sulfonamides is 1. The van der Waals surface area contributed by atoms with Crippen molar-refractivity contribution in [2.45, 2.75) is 50.5 Å². The lowest BCUT2D eigenvalue weighted by Crippen LogP contribution is -2.32. The predicted molar refractivity (Wildman–Crippen MR) is 104 cm³/mol. The zero-order valence-electron chi connectivity index (χ0n) is 15.8. The van der Waals surface area contributed by atoms with Gasteiger partial charge in [-0.05, 0) is 44.9 Å². The fraction of sp³-hybridized carbons (Fsp3) is 0.474. The van der Waals surface area contributed by atoms with Crippen LogP contribution >= 0.6 is 0 Å². The predicted octanol–water partition coefficient (Wildman–Crippen LogP) is 3.28. The van der Waals surface area contributed by atoms with Gasteiger partial charge in [-0.3, -0.25) is 4.79 Å². The molecule has 2 aromatic rings. The maximum Gasteiger partial charge on any atom is 0.256 e. The Hall–Kier alpha value is -2.19. The average molecular weight is 391 g/mol. The third-order valence-electron chi connectivity index (χ3n) is 4.70. The Bertz CT molecular complexity index is 897. The highest BCUT2D eigenvalue weighted by Gasteiger charge is 2.26. The van der Waals surface area contributed by atoms with Crippen LogP contribution in [0.1, 0.15) is 55.9 Å². The van der Waals surface area contributed by atoms with Crippen LogP contribution in [0.3, 0.4) is 0 Å². The number of nitrogens with zero attached hydrogens (tertiary/aromatic N) is 3. The molecule has 8 heteroatoms. The minimum Gasteiger partial charge on any atom is -0.307 e. The van der Waals surface area contributed by atoms with Gasteiger partial charge in [0.25, 0.3) is 5.91 Å². The molecule has 0 saturated carbocycles. The van der Waals surface area contributed by atoms with Crippen molar-refractivity contribution in [3.05, 3.63) is 42.1 Å². The summed E-state index contributed by atoms with van der Waals surface area (Å²) in [6.45, 7) is 5.01. The molecule has 1 saturated heterocycles. The van der Waals surface area contributed by atoms with Crippen LogP contribution in [-0.4, -0.2) is 41.5 Å². The summed E-state index contributed by atoms with van der Waals surface area (Å²) in [4.78, 5) is 12.8. The van der Waals surface area contributed by atoms with Crippen LogP contribution in [0, 0.1) is 0 Å². The number of anilines is 1. The first-order valence-corrected chi connectivity index (χ1v) is 10.8. The van der Waals surface area contributed by atoms with Gasteiger partial charge in [-0.2, -0.15) is 9.40 Å². The van der Waals surface area contributed by atoms with Crippen LogP contribution < -0.4 is 5.32 Å². The van der Waals surface area contributed by atoms with E-state index in [0.29, 0.717) is 24.5 Å². The third kappa shape index (κ3) is 4.39. The summed E-state index contributed by atoms with van der Waals surface area (Å²) in [5.41, 5.74) is 0.308. The van der Waals surface area contributed by atoms with Crippen molar-refractivity contribution in [1.82, 2.24) is 14.1 Å². The number of aromatic nitrogens is 2. The highest BCUT2D eigenvalue weighted by molar-refractivity contribution is 7.89. The molecule has 2 heterocycles. The lowest BCUT2D eigenvalue weighted by atomic mass is 10.2. The van der Waals surface area contributed by atoms with Gasteiger partial charge in [0, 0.05) is 30.8 Å². The fourth-order valence-corrected chi connectivity index (χ4v) is 4.81. The molecule has 1 amide bonds. The van der Waals surface area contributed by atoms with Gasteiger partial charge in [-0.1, -0.05) is 18.9 Å². The summed E-state index contributed by atoms with van der Waals surface area (Å²) in [5.74, 6) is 0.223. The minimum absolute atomic E-state index is 0.102. The Balaban J connectivity index is 1.82. The summed E-state index contributed by atoms with van der Waals surface area (Å²) in [7, 11) is -3.59. The fourth-order valence-electron chi connectivity index (χ4n) is 3.24. The molecule has 0 radical (unpaired) electrons. The van der Waals surface area contributed by atoms with Crippen LogP contribution in [0.15, 0.2) is 41.4 Å². The van der Waals surface area contributed by atoms with E-state index in [-0.39, 0.29) is 16.8 Å². The van der Waals surface area contributed by atoms with Crippen LogP contribution in [0.4, 0.5) is 5.82 Å². The van der Waals surface area contributed by atoms with Crippen molar-refractivity contribution in [3.63, 3.8) is 0 Å². The summed E-state index contributed by atoms with van der Waals surface area (Å²) in [6.07, 6.45) is 5.48. The third-order valence-corrected chi connectivity index (χ3v) is 6.59. The minimum atomic E-state index is -3.59. The molecule has 1 aliphatic heterocycles. The zero-order chi connectivity index (χ0) is 19.4. The molecule has 1 aromatic carbocycles. The van der Waals surface area contributed by atoms with Crippen LogP contribution in [0.2, 0.25) is 0 Å². The van der Waals surface area contributed by atoms with Gasteiger partial charge < -0.3 is 5.32 Å². The number of carbonyl (C=O) groups excluding carboxylic acids is 1. The van der Waals surface area contributed by atoms with Gasteiger partial charge in [0.2, 0.25) is 10.0 Å². The number of benzene rings is 1. The second kappa shape index (κ2) is 8.22. The van der Waals surface area contributed by atoms with E-state index >= 15 is 0 Å². The largest absolute Gasteiger partial charge is 0.307 e. The highest BCUT2D eigenvalue weighted by Crippen LogP contribution is 2.22. The van der Waals surface area contributed by atoms with Crippen LogP contribution in [0.5, 0.6) is 0 Å². The SMILES string of the molecule is CC(C)n1nccc1NC(=O)c1cccc(S(=O)(=O)N2CCCCCC2)c1. The molecule has 1 aliphatic rings. The van der Waals surface area contributed by atoms with Crippen molar-refractivity contribution in [3.8, 4) is 0 Å². The van der Waals surface area contributed by atoms with Crippen molar-refractivity contribution in [1.29, 1.82) is 0 Å². The lowest BCUT2D eigenvalue weighted by Gasteiger charge is -2.20. The summed E-state index contributed by atoms with van der Waals surface area (Å²) >= 11 is 0. The number of hydrogen-bond donors (Lipinski definition) is 1. The van der Waals surface area contributed by atoms with Gasteiger partial charge in [0.1, 0.15) is 5.82 Å². The molecule has 0 bridgehead atoms. The van der Waals surface area contributed by atoms with Crippen LogP contribution in [-0.2, 0) is 10.0 Å². The Morgan fingerprint density at radius 1 is 1.11 bits per heavy atom. The van der Waals surface area contributed by atoms with E-state index in [0.717, 1.165) is 25.7 Å². The van der Waals surface area contributed by atoms with E-state index in [1.165, 1.54) is 10.4 Å². The first kappa shape index (κ1) is 19.6. The standard InChI is InChI=1S/C19H26N4O3S/c1-15(2)23-18(10-11-20-23)21-19(24)16-8-7-9-17(14-16)27(25,26)22-12-5-3-4-6-13-22/h7-11,14-15H,3-6,12-13H2,1-2H3,(H,21,24). The molecule has 0 atom stereocenters. The van der Waals surface area contributed by atoms with E-state index in [1.807, 2.05) is 13.8 Å². The monoisotopic (exact) mass is 390 g/mol. The normalized spacial score (nSPS) is 16.3. The van der Waals surface area contributed by atoms with E-state index in [1.54, 1.807) is 35.1 Å².